The number of urea groups is 1. The summed E-state index contributed by atoms with van der Waals surface area (Å²) in [5, 5.41) is 15.0. The lowest BCUT2D eigenvalue weighted by Crippen LogP contribution is -2.57. The monoisotopic (exact) mass is 429 g/mol. The summed E-state index contributed by atoms with van der Waals surface area (Å²) in [4.78, 5) is 43.8. The molecule has 0 aliphatic carbocycles. The maximum absolute atomic E-state index is 13.1. The number of imidazole rings is 1. The van der Waals surface area contributed by atoms with Crippen molar-refractivity contribution in [2.45, 2.75) is 59.2 Å². The molecule has 0 saturated heterocycles. The van der Waals surface area contributed by atoms with Crippen LogP contribution in [-0.2, 0) is 16.1 Å². The third-order valence-electron chi connectivity index (χ3n) is 6.22. The molecule has 1 aromatic carbocycles. The summed E-state index contributed by atoms with van der Waals surface area (Å²) in [6, 6.07) is 5.43. The molecule has 3 N–H and O–H groups in total. The van der Waals surface area contributed by atoms with Gasteiger partial charge in [-0.3, -0.25) is 9.69 Å². The number of aliphatic carboxylic acids is 1. The van der Waals surface area contributed by atoms with Gasteiger partial charge < -0.3 is 20.3 Å². The number of carbonyl (C=O) groups excluding carboxylic acids is 2. The molecular weight excluding hydrogens is 398 g/mol. The zero-order valence-electron chi connectivity index (χ0n) is 18.5. The lowest BCUT2D eigenvalue weighted by Gasteiger charge is -2.28. The maximum Gasteiger partial charge on any atom is 0.326 e. The van der Waals surface area contributed by atoms with Crippen molar-refractivity contribution in [1.29, 1.82) is 0 Å². The van der Waals surface area contributed by atoms with Crippen molar-refractivity contribution in [2.75, 3.05) is 11.4 Å². The Morgan fingerprint density at radius 1 is 1.03 bits per heavy atom. The van der Waals surface area contributed by atoms with Crippen LogP contribution in [-0.4, -0.2) is 51.2 Å². The van der Waals surface area contributed by atoms with E-state index in [1.807, 2.05) is 49.6 Å². The number of para-hydroxylation sites is 2. The molecule has 2 heterocycles. The molecule has 0 spiro atoms. The normalized spacial score (nSPS) is 17.0. The molecule has 31 heavy (non-hydrogen) atoms. The van der Waals surface area contributed by atoms with E-state index in [-0.39, 0.29) is 11.8 Å². The SMILES string of the molecule is CCC(C)[C@H](NC(=O)[C@@H](NC(=O)N1CCn2c1nc1ccccc12)C(C)CC)C(=O)O. The second kappa shape index (κ2) is 9.36. The number of amides is 3. The van der Waals surface area contributed by atoms with Crippen LogP contribution >= 0.6 is 0 Å². The van der Waals surface area contributed by atoms with Crippen molar-refractivity contribution in [2.24, 2.45) is 11.8 Å². The number of carboxylic acids is 1. The Morgan fingerprint density at radius 3 is 2.32 bits per heavy atom. The molecule has 0 saturated carbocycles. The fourth-order valence-electron chi connectivity index (χ4n) is 3.82. The standard InChI is InChI=1S/C22H31N5O4/c1-5-13(3)17(19(28)24-18(20(29)30)14(4)6-2)25-22(31)27-12-11-26-16-10-8-7-9-15(16)23-21(26)27/h7-10,13-14,17-18H,5-6,11-12H2,1-4H3,(H,24,28)(H,25,31)(H,29,30)/t13?,14?,17-,18-/m0/s1. The first-order valence-corrected chi connectivity index (χ1v) is 10.8. The van der Waals surface area contributed by atoms with Crippen LogP contribution < -0.4 is 15.5 Å². The van der Waals surface area contributed by atoms with Gasteiger partial charge in [0.2, 0.25) is 11.9 Å². The topological polar surface area (TPSA) is 117 Å². The van der Waals surface area contributed by atoms with Gasteiger partial charge in [-0.2, -0.15) is 0 Å². The van der Waals surface area contributed by atoms with Crippen LogP contribution in [0, 0.1) is 11.8 Å². The summed E-state index contributed by atoms with van der Waals surface area (Å²) in [6.07, 6.45) is 1.26. The molecule has 0 fully saturated rings. The zero-order valence-corrected chi connectivity index (χ0v) is 18.5. The lowest BCUT2D eigenvalue weighted by molar-refractivity contribution is -0.143. The molecular formula is C22H31N5O4. The minimum atomic E-state index is -1.08. The molecule has 9 nitrogen and oxygen atoms in total. The molecule has 1 aromatic heterocycles. The molecule has 0 bridgehead atoms. The molecule has 1 aliphatic rings. The van der Waals surface area contributed by atoms with Gasteiger partial charge in [0.05, 0.1) is 11.0 Å². The smallest absolute Gasteiger partial charge is 0.326 e. The van der Waals surface area contributed by atoms with E-state index >= 15 is 0 Å². The van der Waals surface area contributed by atoms with Gasteiger partial charge in [0.25, 0.3) is 0 Å². The van der Waals surface area contributed by atoms with Gasteiger partial charge >= 0.3 is 12.0 Å². The van der Waals surface area contributed by atoms with E-state index in [0.717, 1.165) is 11.0 Å². The molecule has 9 heteroatoms. The molecule has 2 aromatic rings. The predicted octanol–water partition coefficient (Wildman–Crippen LogP) is 2.60. The largest absolute Gasteiger partial charge is 0.480 e. The van der Waals surface area contributed by atoms with E-state index in [9.17, 15) is 19.5 Å². The number of nitrogens with zero attached hydrogens (tertiary/aromatic N) is 3. The predicted molar refractivity (Wildman–Crippen MR) is 118 cm³/mol. The summed E-state index contributed by atoms with van der Waals surface area (Å²) in [5.41, 5.74) is 1.77. The Bertz CT molecular complexity index is 972. The second-order valence-corrected chi connectivity index (χ2v) is 8.23. The molecule has 1 aliphatic heterocycles. The van der Waals surface area contributed by atoms with Gasteiger partial charge in [0.1, 0.15) is 12.1 Å². The Morgan fingerprint density at radius 2 is 1.68 bits per heavy atom. The van der Waals surface area contributed by atoms with Crippen molar-refractivity contribution < 1.29 is 19.5 Å². The van der Waals surface area contributed by atoms with Crippen LogP contribution in [0.3, 0.4) is 0 Å². The number of nitrogens with one attached hydrogen (secondary N) is 2. The number of anilines is 1. The van der Waals surface area contributed by atoms with E-state index in [1.54, 1.807) is 6.92 Å². The van der Waals surface area contributed by atoms with E-state index in [4.69, 9.17) is 0 Å². The third-order valence-corrected chi connectivity index (χ3v) is 6.22. The first-order valence-electron chi connectivity index (χ1n) is 10.8. The molecule has 2 unspecified atom stereocenters. The second-order valence-electron chi connectivity index (χ2n) is 8.23. The Labute approximate surface area is 181 Å². The Hall–Kier alpha value is -3.10. The number of hydrogen-bond acceptors (Lipinski definition) is 4. The van der Waals surface area contributed by atoms with E-state index in [2.05, 4.69) is 15.6 Å². The fourth-order valence-corrected chi connectivity index (χ4v) is 3.82. The number of fused-ring (bicyclic) bond motifs is 3. The van der Waals surface area contributed by atoms with Crippen LogP contribution in [0.5, 0.6) is 0 Å². The van der Waals surface area contributed by atoms with E-state index < -0.39 is 30.0 Å². The number of carboxylic acid groups (broad SMARTS) is 1. The van der Waals surface area contributed by atoms with Gasteiger partial charge in [0, 0.05) is 13.1 Å². The van der Waals surface area contributed by atoms with Gasteiger partial charge in [-0.05, 0) is 24.0 Å². The summed E-state index contributed by atoms with van der Waals surface area (Å²) in [6.45, 7) is 8.53. The fraction of sp³-hybridized carbons (Fsp3) is 0.545. The number of benzene rings is 1. The van der Waals surface area contributed by atoms with Crippen LogP contribution in [0.2, 0.25) is 0 Å². The zero-order chi connectivity index (χ0) is 22.7. The molecule has 168 valence electrons. The van der Waals surface area contributed by atoms with Gasteiger partial charge in [-0.15, -0.1) is 0 Å². The lowest BCUT2D eigenvalue weighted by atomic mass is 9.95. The molecule has 3 rings (SSSR count). The summed E-state index contributed by atoms with van der Waals surface area (Å²) >= 11 is 0. The van der Waals surface area contributed by atoms with Gasteiger partial charge in [-0.25, -0.2) is 14.6 Å². The quantitative estimate of drug-likeness (QED) is 0.596. The molecule has 4 atom stereocenters. The Balaban J connectivity index is 1.78. The van der Waals surface area contributed by atoms with Crippen LogP contribution in [0.15, 0.2) is 24.3 Å². The highest BCUT2D eigenvalue weighted by Gasteiger charge is 2.35. The number of carbonyl (C=O) groups is 3. The third kappa shape index (κ3) is 4.50. The summed E-state index contributed by atoms with van der Waals surface area (Å²) in [7, 11) is 0. The number of hydrogen-bond donors (Lipinski definition) is 3. The van der Waals surface area contributed by atoms with Gasteiger partial charge in [0.15, 0.2) is 0 Å². The first kappa shape index (κ1) is 22.6. The highest BCUT2D eigenvalue weighted by atomic mass is 16.4. The van der Waals surface area contributed by atoms with Crippen molar-refractivity contribution in [3.05, 3.63) is 24.3 Å². The maximum atomic E-state index is 13.1. The average molecular weight is 430 g/mol. The van der Waals surface area contributed by atoms with Crippen LogP contribution in [0.1, 0.15) is 40.5 Å². The summed E-state index contributed by atoms with van der Waals surface area (Å²) in [5.74, 6) is -1.41. The highest BCUT2D eigenvalue weighted by molar-refractivity contribution is 5.97. The molecule has 3 amide bonds. The van der Waals surface area contributed by atoms with Crippen LogP contribution in [0.4, 0.5) is 10.7 Å². The van der Waals surface area contributed by atoms with Crippen molar-refractivity contribution in [1.82, 2.24) is 20.2 Å². The highest BCUT2D eigenvalue weighted by Crippen LogP contribution is 2.27. The van der Waals surface area contributed by atoms with Crippen molar-refractivity contribution in [3.63, 3.8) is 0 Å². The molecule has 0 radical (unpaired) electrons. The number of rotatable bonds is 8. The number of aromatic nitrogens is 2. The average Bonchev–Trinajstić information content (AvgIpc) is 3.33. The Kier molecular flexibility index (Phi) is 6.82. The van der Waals surface area contributed by atoms with Gasteiger partial charge in [-0.1, -0.05) is 52.7 Å². The van der Waals surface area contributed by atoms with Crippen molar-refractivity contribution in [3.8, 4) is 0 Å². The minimum Gasteiger partial charge on any atom is -0.480 e. The van der Waals surface area contributed by atoms with E-state index in [1.165, 1.54) is 4.90 Å². The van der Waals surface area contributed by atoms with E-state index in [0.29, 0.717) is 31.9 Å². The summed E-state index contributed by atoms with van der Waals surface area (Å²) < 4.78 is 1.98. The first-order chi connectivity index (χ1) is 14.8. The van der Waals surface area contributed by atoms with Crippen molar-refractivity contribution >= 4 is 34.9 Å². The minimum absolute atomic E-state index is 0.170. The van der Waals surface area contributed by atoms with Crippen LogP contribution in [0.25, 0.3) is 11.0 Å².